The van der Waals surface area contributed by atoms with Gasteiger partial charge in [-0.15, -0.1) is 0 Å². The molecule has 0 aromatic heterocycles. The van der Waals surface area contributed by atoms with Crippen LogP contribution in [-0.4, -0.2) is 29.2 Å². The summed E-state index contributed by atoms with van der Waals surface area (Å²) in [6.45, 7) is 2.90. The number of carboxylic acid groups (broad SMARTS) is 1. The van der Waals surface area contributed by atoms with E-state index in [1.807, 2.05) is 25.1 Å². The van der Waals surface area contributed by atoms with E-state index in [1.165, 1.54) is 4.90 Å². The van der Waals surface area contributed by atoms with Crippen LogP contribution < -0.4 is 0 Å². The quantitative estimate of drug-likeness (QED) is 0.788. The summed E-state index contributed by atoms with van der Waals surface area (Å²) in [5, 5.41) is 8.89. The predicted octanol–water partition coefficient (Wildman–Crippen LogP) is 3.60. The number of likely N-dealkylation sites (N-methyl/N-ethyl adjacent to an activating group) is 1. The molecule has 0 saturated carbocycles. The van der Waals surface area contributed by atoms with Crippen LogP contribution in [0.3, 0.4) is 0 Å². The Morgan fingerprint density at radius 1 is 1.56 bits per heavy atom. The fraction of sp³-hybridized carbons (Fsp3) is 0.364. The van der Waals surface area contributed by atoms with Gasteiger partial charge < -0.3 is 10.0 Å². The van der Waals surface area contributed by atoms with Gasteiger partial charge in [-0.1, -0.05) is 12.1 Å². The van der Waals surface area contributed by atoms with Crippen LogP contribution in [0, 0.1) is 3.57 Å². The van der Waals surface area contributed by atoms with Crippen LogP contribution in [-0.2, 0) is 6.42 Å². The molecule has 0 bridgehead atoms. The van der Waals surface area contributed by atoms with Crippen LogP contribution in [0.2, 0.25) is 0 Å². The molecular formula is C11H13BrINO2. The van der Waals surface area contributed by atoms with E-state index < -0.39 is 6.09 Å². The first kappa shape index (κ1) is 13.8. The largest absolute Gasteiger partial charge is 0.465 e. The average Bonchev–Trinajstić information content (AvgIpc) is 2.24. The molecule has 1 amide bonds. The van der Waals surface area contributed by atoms with E-state index in [0.29, 0.717) is 13.1 Å². The summed E-state index contributed by atoms with van der Waals surface area (Å²) in [5.74, 6) is 0. The standard InChI is InChI=1S/C11H13BrINO2/c1-2-14(11(15)16)7-6-8-4-3-5-9(13)10(8)12/h3-5H,2,6-7H2,1H3,(H,15,16). The van der Waals surface area contributed by atoms with Crippen LogP contribution >= 0.6 is 38.5 Å². The second-order valence-electron chi connectivity index (χ2n) is 3.33. The Balaban J connectivity index is 2.67. The SMILES string of the molecule is CCN(CCc1cccc(I)c1Br)C(=O)O. The lowest BCUT2D eigenvalue weighted by Crippen LogP contribution is -2.31. The summed E-state index contributed by atoms with van der Waals surface area (Å²) in [6.07, 6.45) is -0.123. The first-order chi connectivity index (χ1) is 7.56. The maximum Gasteiger partial charge on any atom is 0.407 e. The third kappa shape index (κ3) is 3.62. The van der Waals surface area contributed by atoms with Gasteiger partial charge in [-0.2, -0.15) is 0 Å². The monoisotopic (exact) mass is 397 g/mol. The Kier molecular flexibility index (Phi) is 5.54. The fourth-order valence-corrected chi connectivity index (χ4v) is 2.40. The van der Waals surface area contributed by atoms with Gasteiger partial charge in [0.25, 0.3) is 0 Å². The highest BCUT2D eigenvalue weighted by molar-refractivity contribution is 14.1. The highest BCUT2D eigenvalue weighted by Crippen LogP contribution is 2.23. The highest BCUT2D eigenvalue weighted by atomic mass is 127. The van der Waals surface area contributed by atoms with Crippen LogP contribution in [0.4, 0.5) is 4.79 Å². The molecule has 0 saturated heterocycles. The molecule has 0 unspecified atom stereocenters. The molecule has 0 heterocycles. The van der Waals surface area contributed by atoms with Crippen molar-refractivity contribution in [2.75, 3.05) is 13.1 Å². The molecule has 1 aromatic carbocycles. The van der Waals surface area contributed by atoms with Crippen molar-refractivity contribution >= 4 is 44.6 Å². The molecule has 0 atom stereocenters. The Morgan fingerprint density at radius 3 is 2.81 bits per heavy atom. The van der Waals surface area contributed by atoms with Gasteiger partial charge in [0.15, 0.2) is 0 Å². The molecule has 3 nitrogen and oxygen atoms in total. The topological polar surface area (TPSA) is 40.5 Å². The van der Waals surface area contributed by atoms with Gasteiger partial charge in [0.2, 0.25) is 0 Å². The Labute approximate surface area is 117 Å². The lowest BCUT2D eigenvalue weighted by Gasteiger charge is -2.17. The van der Waals surface area contributed by atoms with E-state index in [2.05, 4.69) is 38.5 Å². The van der Waals surface area contributed by atoms with Gasteiger partial charge in [0.1, 0.15) is 0 Å². The molecule has 16 heavy (non-hydrogen) atoms. The van der Waals surface area contributed by atoms with Crippen molar-refractivity contribution in [3.63, 3.8) is 0 Å². The maximum absolute atomic E-state index is 10.8. The molecule has 0 fully saturated rings. The van der Waals surface area contributed by atoms with Gasteiger partial charge >= 0.3 is 6.09 Å². The van der Waals surface area contributed by atoms with Crippen LogP contribution in [0.15, 0.2) is 22.7 Å². The van der Waals surface area contributed by atoms with Crippen LogP contribution in [0.1, 0.15) is 12.5 Å². The molecule has 1 rings (SSSR count). The summed E-state index contributed by atoms with van der Waals surface area (Å²) in [7, 11) is 0. The van der Waals surface area contributed by atoms with E-state index in [-0.39, 0.29) is 0 Å². The lowest BCUT2D eigenvalue weighted by molar-refractivity contribution is 0.148. The smallest absolute Gasteiger partial charge is 0.407 e. The first-order valence-electron chi connectivity index (χ1n) is 4.97. The maximum atomic E-state index is 10.8. The van der Waals surface area contributed by atoms with E-state index in [0.717, 1.165) is 20.0 Å². The fourth-order valence-electron chi connectivity index (χ4n) is 1.39. The third-order valence-corrected chi connectivity index (χ3v) is 4.91. The van der Waals surface area contributed by atoms with Crippen molar-refractivity contribution in [3.8, 4) is 0 Å². The Morgan fingerprint density at radius 2 is 2.25 bits per heavy atom. The molecule has 1 N–H and O–H groups in total. The van der Waals surface area contributed by atoms with Gasteiger partial charge in [-0.05, 0) is 63.5 Å². The van der Waals surface area contributed by atoms with Gasteiger partial charge in [-0.25, -0.2) is 4.79 Å². The molecule has 0 aliphatic heterocycles. The summed E-state index contributed by atoms with van der Waals surface area (Å²) in [4.78, 5) is 12.2. The predicted molar refractivity (Wildman–Crippen MR) is 75.8 cm³/mol. The minimum Gasteiger partial charge on any atom is -0.465 e. The minimum absolute atomic E-state index is 0.525. The highest BCUT2D eigenvalue weighted by Gasteiger charge is 2.10. The zero-order valence-electron chi connectivity index (χ0n) is 8.91. The van der Waals surface area contributed by atoms with Crippen molar-refractivity contribution in [1.82, 2.24) is 4.90 Å². The molecule has 0 radical (unpaired) electrons. The number of rotatable bonds is 4. The average molecular weight is 398 g/mol. The van der Waals surface area contributed by atoms with Crippen LogP contribution in [0.25, 0.3) is 0 Å². The van der Waals surface area contributed by atoms with E-state index in [1.54, 1.807) is 0 Å². The van der Waals surface area contributed by atoms with E-state index in [9.17, 15) is 4.79 Å². The van der Waals surface area contributed by atoms with Crippen molar-refractivity contribution in [2.45, 2.75) is 13.3 Å². The normalized spacial score (nSPS) is 10.2. The Bertz CT molecular complexity index is 384. The zero-order chi connectivity index (χ0) is 12.1. The molecule has 0 aliphatic carbocycles. The van der Waals surface area contributed by atoms with Crippen molar-refractivity contribution in [3.05, 3.63) is 31.8 Å². The second-order valence-corrected chi connectivity index (χ2v) is 5.28. The first-order valence-corrected chi connectivity index (χ1v) is 6.84. The Hall–Kier alpha value is -0.300. The molecular weight excluding hydrogens is 385 g/mol. The number of hydrogen-bond acceptors (Lipinski definition) is 1. The minimum atomic E-state index is -0.857. The van der Waals surface area contributed by atoms with Crippen molar-refractivity contribution in [2.24, 2.45) is 0 Å². The van der Waals surface area contributed by atoms with Crippen molar-refractivity contribution < 1.29 is 9.90 Å². The third-order valence-electron chi connectivity index (χ3n) is 2.33. The molecule has 0 aliphatic rings. The van der Waals surface area contributed by atoms with Crippen molar-refractivity contribution in [1.29, 1.82) is 0 Å². The van der Waals surface area contributed by atoms with Crippen LogP contribution in [0.5, 0.6) is 0 Å². The number of nitrogens with zero attached hydrogens (tertiary/aromatic N) is 1. The summed E-state index contributed by atoms with van der Waals surface area (Å²) < 4.78 is 2.21. The molecule has 1 aromatic rings. The number of benzene rings is 1. The summed E-state index contributed by atoms with van der Waals surface area (Å²) in [6, 6.07) is 6.02. The van der Waals surface area contributed by atoms with Gasteiger partial charge in [0, 0.05) is 21.1 Å². The number of hydrogen-bond donors (Lipinski definition) is 1. The number of halogens is 2. The second kappa shape index (κ2) is 6.44. The molecule has 5 heteroatoms. The lowest BCUT2D eigenvalue weighted by atomic mass is 10.1. The van der Waals surface area contributed by atoms with Gasteiger partial charge in [-0.3, -0.25) is 0 Å². The molecule has 88 valence electrons. The number of carbonyl (C=O) groups is 1. The molecule has 0 spiro atoms. The van der Waals surface area contributed by atoms with E-state index >= 15 is 0 Å². The van der Waals surface area contributed by atoms with Gasteiger partial charge in [0.05, 0.1) is 0 Å². The summed E-state index contributed by atoms with van der Waals surface area (Å²) in [5.41, 5.74) is 1.14. The number of amides is 1. The zero-order valence-corrected chi connectivity index (χ0v) is 12.7. The van der Waals surface area contributed by atoms with E-state index in [4.69, 9.17) is 5.11 Å². The summed E-state index contributed by atoms with van der Waals surface area (Å²) >= 11 is 5.77.